The van der Waals surface area contributed by atoms with Crippen LogP contribution in [0.3, 0.4) is 0 Å². The summed E-state index contributed by atoms with van der Waals surface area (Å²) in [6, 6.07) is 68.5. The summed E-state index contributed by atoms with van der Waals surface area (Å²) in [5.74, 6) is 1.80. The Morgan fingerprint density at radius 2 is 0.846 bits per heavy atom. The monoisotopic (exact) mass is 829 g/mol. The zero-order valence-electron chi connectivity index (χ0n) is 35.8. The summed E-state index contributed by atoms with van der Waals surface area (Å²) in [5.41, 5.74) is 14.4. The molecule has 11 aromatic rings. The van der Waals surface area contributed by atoms with E-state index in [1.54, 1.807) is 0 Å². The lowest BCUT2D eigenvalue weighted by Crippen LogP contribution is -2.15. The number of hydrogen-bond donors (Lipinski definition) is 0. The van der Waals surface area contributed by atoms with E-state index >= 15 is 0 Å². The normalized spacial score (nSPS) is 12.6. The van der Waals surface area contributed by atoms with Gasteiger partial charge in [0.15, 0.2) is 17.5 Å². The molecule has 5 nitrogen and oxygen atoms in total. The van der Waals surface area contributed by atoms with E-state index in [1.807, 2.05) is 60.9 Å². The molecule has 0 atom stereocenters. The van der Waals surface area contributed by atoms with E-state index in [9.17, 15) is 5.26 Å². The minimum Gasteiger partial charge on any atom is -0.264 e. The van der Waals surface area contributed by atoms with Gasteiger partial charge < -0.3 is 0 Å². The predicted octanol–water partition coefficient (Wildman–Crippen LogP) is 14.9. The lowest BCUT2D eigenvalue weighted by Gasteiger charge is -2.22. The molecule has 9 aromatic carbocycles. The van der Waals surface area contributed by atoms with Gasteiger partial charge in [0.2, 0.25) is 0 Å². The molecule has 0 N–H and O–H groups in total. The highest BCUT2D eigenvalue weighted by atomic mass is 15.0. The highest BCUT2D eigenvalue weighted by molar-refractivity contribution is 6.25. The Labute approximate surface area is 377 Å². The van der Waals surface area contributed by atoms with Crippen LogP contribution in [0.4, 0.5) is 0 Å². The van der Waals surface area contributed by atoms with Gasteiger partial charge in [0.05, 0.1) is 11.6 Å². The minimum atomic E-state index is -0.298. The Kier molecular flexibility index (Phi) is 8.82. The molecule has 2 aromatic heterocycles. The van der Waals surface area contributed by atoms with Gasteiger partial charge in [-0.1, -0.05) is 153 Å². The van der Waals surface area contributed by atoms with E-state index in [2.05, 4.69) is 164 Å². The van der Waals surface area contributed by atoms with Crippen molar-refractivity contribution in [3.05, 3.63) is 217 Å². The van der Waals surface area contributed by atoms with Crippen LogP contribution in [-0.2, 0) is 5.41 Å². The number of benzene rings is 9. The second kappa shape index (κ2) is 15.0. The molecule has 12 rings (SSSR count). The molecule has 304 valence electrons. The molecule has 5 heteroatoms. The molecule has 0 saturated carbocycles. The van der Waals surface area contributed by atoms with Crippen LogP contribution in [-0.4, -0.2) is 19.9 Å². The van der Waals surface area contributed by atoms with Crippen molar-refractivity contribution in [2.24, 2.45) is 0 Å². The van der Waals surface area contributed by atoms with Crippen LogP contribution in [0.1, 0.15) is 30.5 Å². The maximum Gasteiger partial charge on any atom is 0.164 e. The summed E-state index contributed by atoms with van der Waals surface area (Å²) < 4.78 is 0. The van der Waals surface area contributed by atoms with E-state index in [-0.39, 0.29) is 5.41 Å². The fourth-order valence-electron chi connectivity index (χ4n) is 9.85. The summed E-state index contributed by atoms with van der Waals surface area (Å²) >= 11 is 0. The van der Waals surface area contributed by atoms with Crippen molar-refractivity contribution in [1.29, 1.82) is 5.26 Å². The Balaban J connectivity index is 1.07. The predicted molar refractivity (Wildman–Crippen MR) is 265 cm³/mol. The van der Waals surface area contributed by atoms with Crippen molar-refractivity contribution >= 4 is 32.3 Å². The highest BCUT2D eigenvalue weighted by Crippen LogP contribution is 2.50. The molecule has 0 bridgehead atoms. The van der Waals surface area contributed by atoms with Crippen LogP contribution in [0.25, 0.3) is 111 Å². The van der Waals surface area contributed by atoms with E-state index in [4.69, 9.17) is 15.0 Å². The molecule has 0 unspecified atom stereocenters. The second-order valence-electron chi connectivity index (χ2n) is 17.4. The summed E-state index contributed by atoms with van der Waals surface area (Å²) in [7, 11) is 0. The van der Waals surface area contributed by atoms with Crippen LogP contribution in [0, 0.1) is 11.3 Å². The summed E-state index contributed by atoms with van der Waals surface area (Å²) in [6.45, 7) is 4.51. The number of nitrogens with zero attached hydrogens (tertiary/aromatic N) is 5. The maximum absolute atomic E-state index is 9.80. The first-order valence-electron chi connectivity index (χ1n) is 21.9. The van der Waals surface area contributed by atoms with Gasteiger partial charge in [-0.15, -0.1) is 0 Å². The van der Waals surface area contributed by atoms with Gasteiger partial charge in [0.25, 0.3) is 0 Å². The lowest BCUT2D eigenvalue weighted by molar-refractivity contribution is 0.660. The van der Waals surface area contributed by atoms with Crippen LogP contribution in [0.2, 0.25) is 0 Å². The number of rotatable bonds is 6. The van der Waals surface area contributed by atoms with Gasteiger partial charge >= 0.3 is 0 Å². The van der Waals surface area contributed by atoms with Crippen molar-refractivity contribution < 1.29 is 0 Å². The molecule has 1 aliphatic carbocycles. The molecular formula is C60H39N5. The highest BCUT2D eigenvalue weighted by Gasteiger charge is 2.36. The molecule has 0 radical (unpaired) electrons. The topological polar surface area (TPSA) is 75.3 Å². The van der Waals surface area contributed by atoms with Crippen LogP contribution in [0.5, 0.6) is 0 Å². The molecule has 2 heterocycles. The average molecular weight is 830 g/mol. The molecule has 1 aliphatic rings. The number of pyridine rings is 1. The van der Waals surface area contributed by atoms with E-state index in [0.29, 0.717) is 23.0 Å². The van der Waals surface area contributed by atoms with Crippen molar-refractivity contribution in [3.63, 3.8) is 0 Å². The zero-order chi connectivity index (χ0) is 43.6. The van der Waals surface area contributed by atoms with Crippen molar-refractivity contribution in [3.8, 4) is 84.7 Å². The van der Waals surface area contributed by atoms with Crippen molar-refractivity contribution in [1.82, 2.24) is 19.9 Å². The minimum absolute atomic E-state index is 0.298. The quantitative estimate of drug-likeness (QED) is 0.156. The Morgan fingerprint density at radius 1 is 0.369 bits per heavy atom. The molecule has 65 heavy (non-hydrogen) atoms. The number of nitriles is 1. The van der Waals surface area contributed by atoms with Gasteiger partial charge in [-0.3, -0.25) is 4.98 Å². The van der Waals surface area contributed by atoms with Gasteiger partial charge in [-0.2, -0.15) is 5.26 Å². The van der Waals surface area contributed by atoms with E-state index < -0.39 is 0 Å². The van der Waals surface area contributed by atoms with Crippen molar-refractivity contribution in [2.45, 2.75) is 19.3 Å². The van der Waals surface area contributed by atoms with Crippen LogP contribution in [0.15, 0.2) is 200 Å². The largest absolute Gasteiger partial charge is 0.264 e. The molecule has 0 saturated heterocycles. The summed E-state index contributed by atoms with van der Waals surface area (Å²) in [6.07, 6.45) is 3.87. The zero-order valence-corrected chi connectivity index (χ0v) is 35.8. The average Bonchev–Trinajstić information content (AvgIpc) is 3.60. The summed E-state index contributed by atoms with van der Waals surface area (Å²) in [5, 5.41) is 16.9. The molecular weight excluding hydrogens is 791 g/mol. The van der Waals surface area contributed by atoms with Crippen LogP contribution < -0.4 is 0 Å². The van der Waals surface area contributed by atoms with Crippen molar-refractivity contribution in [2.75, 3.05) is 0 Å². The van der Waals surface area contributed by atoms with Gasteiger partial charge in [0, 0.05) is 39.9 Å². The SMILES string of the molecule is CC1(C)c2cc(C#N)ccc2-c2ccc(-c3cc(-c4ccc5c6ccccc6c6ccncc6c5c4)cc(-c4nc(-c5ccccc5)nc(-c5ccc(-c6ccccc6)cc5)n4)c3)cc21. The molecule has 0 spiro atoms. The number of aromatic nitrogens is 4. The Bertz CT molecular complexity index is 3700. The third-order valence-electron chi connectivity index (χ3n) is 13.2. The third-order valence-corrected chi connectivity index (χ3v) is 13.2. The maximum atomic E-state index is 9.80. The fraction of sp³-hybridized carbons (Fsp3) is 0.0500. The number of hydrogen-bond acceptors (Lipinski definition) is 5. The molecule has 0 aliphatic heterocycles. The second-order valence-corrected chi connectivity index (χ2v) is 17.4. The van der Waals surface area contributed by atoms with E-state index in [1.165, 1.54) is 43.8 Å². The first-order valence-corrected chi connectivity index (χ1v) is 21.9. The fourth-order valence-corrected chi connectivity index (χ4v) is 9.85. The van der Waals surface area contributed by atoms with E-state index in [0.717, 1.165) is 60.8 Å². The Morgan fingerprint density at radius 3 is 1.52 bits per heavy atom. The third kappa shape index (κ3) is 6.46. The van der Waals surface area contributed by atoms with Gasteiger partial charge in [-0.25, -0.2) is 15.0 Å². The Hall–Kier alpha value is -8.59. The standard InChI is InChI=1S/C60H39N5/c1-60(2)55-29-37(35-61)17-24-51(55)52-26-23-43(34-56(52)60)45-30-44(42-22-25-49-47-15-9-10-16-48(47)50-27-28-62-36-54(50)53(49)33-42)31-46(32-45)59-64-57(40-13-7-4-8-14-40)63-58(65-59)41-20-18-39(19-21-41)38-11-5-3-6-12-38/h3-34,36H,1-2H3. The summed E-state index contributed by atoms with van der Waals surface area (Å²) in [4.78, 5) is 20.2. The van der Waals surface area contributed by atoms with Gasteiger partial charge in [-0.05, 0) is 131 Å². The van der Waals surface area contributed by atoms with Gasteiger partial charge in [0.1, 0.15) is 0 Å². The smallest absolute Gasteiger partial charge is 0.164 e. The first kappa shape index (κ1) is 38.1. The van der Waals surface area contributed by atoms with Crippen LogP contribution >= 0.6 is 0 Å². The number of fused-ring (bicyclic) bond motifs is 9. The molecule has 0 amide bonds. The lowest BCUT2D eigenvalue weighted by atomic mass is 9.81. The first-order chi connectivity index (χ1) is 31.9. The molecule has 0 fully saturated rings.